The van der Waals surface area contributed by atoms with Crippen LogP contribution in [0.1, 0.15) is 40.6 Å². The Morgan fingerprint density at radius 1 is 0.974 bits per heavy atom. The van der Waals surface area contributed by atoms with Gasteiger partial charge in [0.15, 0.2) is 0 Å². The Bertz CT molecular complexity index is 1660. The van der Waals surface area contributed by atoms with E-state index in [0.717, 1.165) is 33.3 Å². The predicted octanol–water partition coefficient (Wildman–Crippen LogP) is 9.33. The molecule has 4 aromatic carbocycles. The first kappa shape index (κ1) is 23.5. The summed E-state index contributed by atoms with van der Waals surface area (Å²) in [6.45, 7) is 2.66. The van der Waals surface area contributed by atoms with Crippen LogP contribution >= 0.6 is 22.9 Å². The number of halogens is 1. The first-order chi connectivity index (χ1) is 18.6. The average Bonchev–Trinajstić information content (AvgIpc) is 3.60. The average molecular weight is 535 g/mol. The highest BCUT2D eigenvalue weighted by Crippen LogP contribution is 2.50. The van der Waals surface area contributed by atoms with Crippen molar-refractivity contribution in [2.24, 2.45) is 5.92 Å². The lowest BCUT2D eigenvalue weighted by atomic mass is 9.76. The lowest BCUT2D eigenvalue weighted by Gasteiger charge is -2.37. The molecule has 188 valence electrons. The lowest BCUT2D eigenvalue weighted by Crippen LogP contribution is -2.29. The van der Waals surface area contributed by atoms with E-state index in [4.69, 9.17) is 21.3 Å². The molecule has 38 heavy (non-hydrogen) atoms. The number of aromatic nitrogens is 1. The zero-order chi connectivity index (χ0) is 25.6. The molecule has 1 aliphatic carbocycles. The second kappa shape index (κ2) is 9.61. The molecular formula is C33H27ClN2OS. The van der Waals surface area contributed by atoms with Crippen LogP contribution in [0.3, 0.4) is 0 Å². The number of rotatable bonds is 5. The van der Waals surface area contributed by atoms with Crippen molar-refractivity contribution < 1.29 is 4.74 Å². The first-order valence-corrected chi connectivity index (χ1v) is 14.2. The van der Waals surface area contributed by atoms with Gasteiger partial charge in [-0.2, -0.15) is 0 Å². The molecule has 7 rings (SSSR count). The summed E-state index contributed by atoms with van der Waals surface area (Å²) in [7, 11) is 0. The number of aryl methyl sites for hydroxylation is 1. The second-order valence-corrected chi connectivity index (χ2v) is 11.7. The van der Waals surface area contributed by atoms with Crippen molar-refractivity contribution in [3.8, 4) is 16.3 Å². The van der Waals surface area contributed by atoms with Gasteiger partial charge >= 0.3 is 0 Å². The van der Waals surface area contributed by atoms with E-state index in [1.807, 2.05) is 24.3 Å². The van der Waals surface area contributed by atoms with E-state index in [2.05, 4.69) is 85.1 Å². The molecule has 3 atom stereocenters. The molecule has 5 heteroatoms. The van der Waals surface area contributed by atoms with Crippen molar-refractivity contribution in [2.75, 3.05) is 5.32 Å². The predicted molar refractivity (Wildman–Crippen MR) is 158 cm³/mol. The van der Waals surface area contributed by atoms with Crippen LogP contribution in [0.4, 0.5) is 5.69 Å². The van der Waals surface area contributed by atoms with E-state index in [9.17, 15) is 0 Å². The van der Waals surface area contributed by atoms with Crippen molar-refractivity contribution in [2.45, 2.75) is 31.9 Å². The van der Waals surface area contributed by atoms with Crippen molar-refractivity contribution in [1.82, 2.24) is 4.98 Å². The summed E-state index contributed by atoms with van der Waals surface area (Å²) < 4.78 is 7.27. The zero-order valence-corrected chi connectivity index (χ0v) is 22.6. The number of hydrogen-bond donors (Lipinski definition) is 1. The number of nitrogens with one attached hydrogen (secondary N) is 1. The fraction of sp³-hybridized carbons (Fsp3) is 0.182. The van der Waals surface area contributed by atoms with Crippen molar-refractivity contribution in [1.29, 1.82) is 0 Å². The summed E-state index contributed by atoms with van der Waals surface area (Å²) in [6, 6.07) is 29.9. The fourth-order valence-electron chi connectivity index (χ4n) is 5.73. The number of hydrogen-bond acceptors (Lipinski definition) is 4. The van der Waals surface area contributed by atoms with Gasteiger partial charge in [-0.3, -0.25) is 0 Å². The third kappa shape index (κ3) is 4.38. The Hall–Kier alpha value is -3.60. The third-order valence-electron chi connectivity index (χ3n) is 7.71. The fourth-order valence-corrected chi connectivity index (χ4v) is 6.92. The van der Waals surface area contributed by atoms with Gasteiger partial charge in [-0.25, -0.2) is 4.98 Å². The number of allylic oxidation sites excluding steroid dienone is 2. The highest BCUT2D eigenvalue weighted by molar-refractivity contribution is 7.21. The highest BCUT2D eigenvalue weighted by atomic mass is 35.5. The maximum absolute atomic E-state index is 6.02. The van der Waals surface area contributed by atoms with Crippen LogP contribution in [-0.4, -0.2) is 4.98 Å². The minimum absolute atomic E-state index is 0.254. The Morgan fingerprint density at radius 3 is 2.66 bits per heavy atom. The Balaban J connectivity index is 1.13. The molecule has 2 heterocycles. The van der Waals surface area contributed by atoms with Gasteiger partial charge < -0.3 is 10.1 Å². The Kier molecular flexibility index (Phi) is 5.95. The maximum atomic E-state index is 6.02. The first-order valence-electron chi connectivity index (χ1n) is 13.0. The lowest BCUT2D eigenvalue weighted by molar-refractivity contribution is 0.306. The van der Waals surface area contributed by atoms with Gasteiger partial charge in [0.2, 0.25) is 0 Å². The molecule has 1 aromatic heterocycles. The van der Waals surface area contributed by atoms with Gasteiger partial charge in [0.05, 0.1) is 16.3 Å². The quantitative estimate of drug-likeness (QED) is 0.228. The highest BCUT2D eigenvalue weighted by Gasteiger charge is 2.38. The second-order valence-electron chi connectivity index (χ2n) is 10.3. The van der Waals surface area contributed by atoms with Crippen LogP contribution in [0.5, 0.6) is 5.75 Å². The molecule has 0 amide bonds. The molecule has 0 unspecified atom stereocenters. The summed E-state index contributed by atoms with van der Waals surface area (Å²) in [5.74, 6) is 1.75. The molecule has 2 aliphatic rings. The van der Waals surface area contributed by atoms with E-state index >= 15 is 0 Å². The van der Waals surface area contributed by atoms with Crippen LogP contribution in [0.25, 0.3) is 20.8 Å². The molecule has 5 aromatic rings. The maximum Gasteiger partial charge on any atom is 0.124 e. The number of thiazole rings is 1. The van der Waals surface area contributed by atoms with Crippen LogP contribution < -0.4 is 10.1 Å². The molecule has 3 nitrogen and oxygen atoms in total. The molecule has 1 aliphatic heterocycles. The van der Waals surface area contributed by atoms with Crippen LogP contribution in [0.15, 0.2) is 97.1 Å². The van der Waals surface area contributed by atoms with Crippen molar-refractivity contribution >= 4 is 38.8 Å². The SMILES string of the molecule is Cc1ccc2nc(-c3ccc4c(c3)[C@@H]3C=CC[C@@H]3[C@H](c3ccc(OCc5ccc(Cl)cc5)cc3)N4)sc2c1. The number of ether oxygens (including phenoxy) is 1. The van der Waals surface area contributed by atoms with E-state index < -0.39 is 0 Å². The van der Waals surface area contributed by atoms with Crippen LogP contribution in [-0.2, 0) is 6.61 Å². The van der Waals surface area contributed by atoms with Gasteiger partial charge in [0, 0.05) is 22.2 Å². The topological polar surface area (TPSA) is 34.1 Å². The van der Waals surface area contributed by atoms with Gasteiger partial charge in [0.1, 0.15) is 17.4 Å². The molecule has 0 bridgehead atoms. The Labute approximate surface area is 231 Å². The van der Waals surface area contributed by atoms with Gasteiger partial charge in [-0.1, -0.05) is 54.1 Å². The number of benzene rings is 4. The minimum atomic E-state index is 0.254. The standard InChI is InChI=1S/C33H27ClN2OS/c1-20-5-15-30-31(17-20)38-33(36-30)23-10-16-29-28(18-23)26-3-2-4-27(26)32(35-29)22-8-13-25(14-9-22)37-19-21-6-11-24(34)12-7-21/h2-3,5-18,26-27,32,35H,4,19H2,1H3/t26-,27+,32+/m1/s1. The van der Waals surface area contributed by atoms with E-state index in [1.165, 1.54) is 32.6 Å². The van der Waals surface area contributed by atoms with Gasteiger partial charge in [-0.15, -0.1) is 11.3 Å². The van der Waals surface area contributed by atoms with E-state index in [0.29, 0.717) is 18.4 Å². The summed E-state index contributed by atoms with van der Waals surface area (Å²) in [4.78, 5) is 4.93. The molecule has 0 saturated carbocycles. The number of nitrogens with zero attached hydrogens (tertiary/aromatic N) is 1. The van der Waals surface area contributed by atoms with Crippen LogP contribution in [0.2, 0.25) is 5.02 Å². The Morgan fingerprint density at radius 2 is 1.82 bits per heavy atom. The monoisotopic (exact) mass is 534 g/mol. The normalized spacial score (nSPS) is 19.7. The van der Waals surface area contributed by atoms with E-state index in [1.54, 1.807) is 11.3 Å². The molecule has 0 spiro atoms. The van der Waals surface area contributed by atoms with Crippen molar-refractivity contribution in [3.63, 3.8) is 0 Å². The van der Waals surface area contributed by atoms with E-state index in [-0.39, 0.29) is 6.04 Å². The molecule has 0 radical (unpaired) electrons. The number of fused-ring (bicyclic) bond motifs is 4. The summed E-state index contributed by atoms with van der Waals surface area (Å²) in [6.07, 6.45) is 5.81. The smallest absolute Gasteiger partial charge is 0.124 e. The largest absolute Gasteiger partial charge is 0.489 e. The minimum Gasteiger partial charge on any atom is -0.489 e. The summed E-state index contributed by atoms with van der Waals surface area (Å²) in [5, 5.41) is 5.69. The van der Waals surface area contributed by atoms with Crippen LogP contribution in [0, 0.1) is 12.8 Å². The third-order valence-corrected chi connectivity index (χ3v) is 9.03. The van der Waals surface area contributed by atoms with Crippen molar-refractivity contribution in [3.05, 3.63) is 124 Å². The van der Waals surface area contributed by atoms with Gasteiger partial charge in [-0.05, 0) is 96.1 Å². The zero-order valence-electron chi connectivity index (χ0n) is 21.0. The molecule has 0 saturated heterocycles. The summed E-state index contributed by atoms with van der Waals surface area (Å²) in [5.41, 5.74) is 8.52. The summed E-state index contributed by atoms with van der Waals surface area (Å²) >= 11 is 7.77. The molecular weight excluding hydrogens is 508 g/mol. The van der Waals surface area contributed by atoms with Gasteiger partial charge in [0.25, 0.3) is 0 Å². The molecule has 0 fully saturated rings. The molecule has 1 N–H and O–H groups in total. The number of anilines is 1.